The number of benzene rings is 1. The molecule has 0 bridgehead atoms. The van der Waals surface area contributed by atoms with Gasteiger partial charge in [-0.05, 0) is 18.1 Å². The van der Waals surface area contributed by atoms with Gasteiger partial charge in [-0.3, -0.25) is 0 Å². The van der Waals surface area contributed by atoms with Crippen molar-refractivity contribution >= 4 is 27.6 Å². The van der Waals surface area contributed by atoms with Gasteiger partial charge in [-0.15, -0.1) is 0 Å². The standard InChI is InChI=1S/C14H15N3/c1-8(2)13-14-10(7-12(15)17-13)9-5-3-4-6-11(9)16-14/h3-8,16H,1-2H3,(H2,15,17). The van der Waals surface area contributed by atoms with Gasteiger partial charge in [0.05, 0.1) is 11.2 Å². The van der Waals surface area contributed by atoms with Crippen molar-refractivity contribution < 1.29 is 0 Å². The van der Waals surface area contributed by atoms with E-state index in [1.807, 2.05) is 18.2 Å². The van der Waals surface area contributed by atoms with Gasteiger partial charge in [-0.25, -0.2) is 4.98 Å². The van der Waals surface area contributed by atoms with Crippen molar-refractivity contribution in [2.45, 2.75) is 19.8 Å². The highest BCUT2D eigenvalue weighted by Gasteiger charge is 2.12. The largest absolute Gasteiger partial charge is 0.384 e. The van der Waals surface area contributed by atoms with Crippen LogP contribution in [-0.4, -0.2) is 9.97 Å². The van der Waals surface area contributed by atoms with Crippen LogP contribution in [0.3, 0.4) is 0 Å². The van der Waals surface area contributed by atoms with Gasteiger partial charge in [-0.2, -0.15) is 0 Å². The summed E-state index contributed by atoms with van der Waals surface area (Å²) in [5.41, 5.74) is 9.17. The van der Waals surface area contributed by atoms with E-state index < -0.39 is 0 Å². The zero-order chi connectivity index (χ0) is 12.0. The lowest BCUT2D eigenvalue weighted by Crippen LogP contribution is -1.98. The number of hydrogen-bond acceptors (Lipinski definition) is 2. The first-order valence-electron chi connectivity index (χ1n) is 5.83. The third kappa shape index (κ3) is 1.46. The Kier molecular flexibility index (Phi) is 2.08. The Morgan fingerprint density at radius 2 is 1.94 bits per heavy atom. The second-order valence-electron chi connectivity index (χ2n) is 4.68. The van der Waals surface area contributed by atoms with E-state index in [0.717, 1.165) is 22.1 Å². The first kappa shape index (κ1) is 10.1. The zero-order valence-electron chi connectivity index (χ0n) is 9.99. The zero-order valence-corrected chi connectivity index (χ0v) is 9.99. The van der Waals surface area contributed by atoms with Crippen LogP contribution in [0.5, 0.6) is 0 Å². The molecule has 0 aliphatic carbocycles. The minimum atomic E-state index is 0.356. The summed E-state index contributed by atoms with van der Waals surface area (Å²) in [4.78, 5) is 7.88. The molecule has 3 nitrogen and oxygen atoms in total. The molecule has 0 saturated heterocycles. The fraction of sp³-hybridized carbons (Fsp3) is 0.214. The maximum atomic E-state index is 5.89. The fourth-order valence-electron chi connectivity index (χ4n) is 2.31. The first-order valence-corrected chi connectivity index (χ1v) is 5.83. The number of aromatic nitrogens is 2. The summed E-state index contributed by atoms with van der Waals surface area (Å²) in [6.07, 6.45) is 0. The van der Waals surface area contributed by atoms with Crippen molar-refractivity contribution in [3.05, 3.63) is 36.0 Å². The lowest BCUT2D eigenvalue weighted by atomic mass is 10.1. The summed E-state index contributed by atoms with van der Waals surface area (Å²) in [5, 5.41) is 2.37. The SMILES string of the molecule is CC(C)c1nc(N)cc2c1[nH]c1ccccc12. The average Bonchev–Trinajstić information content (AvgIpc) is 2.66. The molecule has 1 aromatic carbocycles. The molecule has 0 amide bonds. The molecular formula is C14H15N3. The molecule has 0 atom stereocenters. The predicted molar refractivity (Wildman–Crippen MR) is 72.1 cm³/mol. The molecule has 3 heteroatoms. The summed E-state index contributed by atoms with van der Waals surface area (Å²) in [5.74, 6) is 0.944. The number of H-pyrrole nitrogens is 1. The number of aromatic amines is 1. The summed E-state index contributed by atoms with van der Waals surface area (Å²) >= 11 is 0. The number of nitrogens with two attached hydrogens (primary N) is 1. The van der Waals surface area contributed by atoms with Crippen LogP contribution in [0.1, 0.15) is 25.5 Å². The number of nitrogen functional groups attached to an aromatic ring is 1. The van der Waals surface area contributed by atoms with E-state index >= 15 is 0 Å². The Labute approximate surface area is 99.7 Å². The van der Waals surface area contributed by atoms with Crippen molar-refractivity contribution in [3.63, 3.8) is 0 Å². The molecule has 0 fully saturated rings. The molecule has 3 rings (SSSR count). The molecule has 2 heterocycles. The molecule has 3 N–H and O–H groups in total. The van der Waals surface area contributed by atoms with Crippen LogP contribution in [0.25, 0.3) is 21.8 Å². The second-order valence-corrected chi connectivity index (χ2v) is 4.68. The highest BCUT2D eigenvalue weighted by atomic mass is 14.9. The molecule has 2 aromatic heterocycles. The van der Waals surface area contributed by atoms with Gasteiger partial charge in [0.2, 0.25) is 0 Å². The highest BCUT2D eigenvalue weighted by molar-refractivity contribution is 6.08. The van der Waals surface area contributed by atoms with Gasteiger partial charge in [0.15, 0.2) is 0 Å². The summed E-state index contributed by atoms with van der Waals surface area (Å²) in [7, 11) is 0. The Morgan fingerprint density at radius 3 is 2.71 bits per heavy atom. The molecule has 86 valence electrons. The van der Waals surface area contributed by atoms with E-state index in [0.29, 0.717) is 11.7 Å². The minimum absolute atomic E-state index is 0.356. The molecule has 3 aromatic rings. The first-order chi connectivity index (χ1) is 8.16. The maximum Gasteiger partial charge on any atom is 0.124 e. The van der Waals surface area contributed by atoms with E-state index in [9.17, 15) is 0 Å². The van der Waals surface area contributed by atoms with Crippen molar-refractivity contribution in [2.75, 3.05) is 5.73 Å². The van der Waals surface area contributed by atoms with Crippen molar-refractivity contribution in [1.29, 1.82) is 0 Å². The van der Waals surface area contributed by atoms with Crippen LogP contribution >= 0.6 is 0 Å². The number of hydrogen-bond donors (Lipinski definition) is 2. The molecule has 0 aliphatic rings. The van der Waals surface area contributed by atoms with E-state index in [1.165, 1.54) is 5.39 Å². The summed E-state index contributed by atoms with van der Waals surface area (Å²) in [6, 6.07) is 10.2. The van der Waals surface area contributed by atoms with E-state index in [2.05, 4.69) is 35.9 Å². The van der Waals surface area contributed by atoms with Gasteiger partial charge >= 0.3 is 0 Å². The van der Waals surface area contributed by atoms with Crippen LogP contribution in [0.2, 0.25) is 0 Å². The smallest absolute Gasteiger partial charge is 0.124 e. The molecule has 0 spiro atoms. The van der Waals surface area contributed by atoms with Crippen LogP contribution in [0, 0.1) is 0 Å². The van der Waals surface area contributed by atoms with Crippen molar-refractivity contribution in [1.82, 2.24) is 9.97 Å². The van der Waals surface area contributed by atoms with Crippen LogP contribution in [0.15, 0.2) is 30.3 Å². The number of para-hydroxylation sites is 1. The van der Waals surface area contributed by atoms with Gasteiger partial charge in [0.25, 0.3) is 0 Å². The van der Waals surface area contributed by atoms with Crippen LogP contribution in [0.4, 0.5) is 5.82 Å². The lowest BCUT2D eigenvalue weighted by molar-refractivity contribution is 0.834. The quantitative estimate of drug-likeness (QED) is 0.666. The minimum Gasteiger partial charge on any atom is -0.384 e. The molecule has 0 aliphatic heterocycles. The van der Waals surface area contributed by atoms with Crippen LogP contribution in [-0.2, 0) is 0 Å². The fourth-order valence-corrected chi connectivity index (χ4v) is 2.31. The molecule has 17 heavy (non-hydrogen) atoms. The third-order valence-corrected chi connectivity index (χ3v) is 3.09. The second kappa shape index (κ2) is 3.48. The molecule has 0 saturated carbocycles. The molecule has 0 radical (unpaired) electrons. The Balaban J connectivity index is 2.51. The topological polar surface area (TPSA) is 54.7 Å². The number of rotatable bonds is 1. The van der Waals surface area contributed by atoms with Gasteiger partial charge in [-0.1, -0.05) is 32.0 Å². The van der Waals surface area contributed by atoms with Crippen molar-refractivity contribution in [3.8, 4) is 0 Å². The molecular weight excluding hydrogens is 210 g/mol. The summed E-state index contributed by atoms with van der Waals surface area (Å²) < 4.78 is 0. The predicted octanol–water partition coefficient (Wildman–Crippen LogP) is 3.42. The maximum absolute atomic E-state index is 5.89. The molecule has 0 unspecified atom stereocenters. The van der Waals surface area contributed by atoms with E-state index in [4.69, 9.17) is 5.73 Å². The van der Waals surface area contributed by atoms with E-state index in [1.54, 1.807) is 0 Å². The van der Waals surface area contributed by atoms with E-state index in [-0.39, 0.29) is 0 Å². The van der Waals surface area contributed by atoms with Gasteiger partial charge in [0, 0.05) is 16.3 Å². The number of anilines is 1. The van der Waals surface area contributed by atoms with Crippen molar-refractivity contribution in [2.24, 2.45) is 0 Å². The normalized spacial score (nSPS) is 11.7. The van der Waals surface area contributed by atoms with Crippen LogP contribution < -0.4 is 5.73 Å². The monoisotopic (exact) mass is 225 g/mol. The summed E-state index contributed by atoms with van der Waals surface area (Å²) in [6.45, 7) is 4.26. The Hall–Kier alpha value is -2.03. The van der Waals surface area contributed by atoms with Gasteiger partial charge in [0.1, 0.15) is 5.82 Å². The average molecular weight is 225 g/mol. The number of nitrogens with zero attached hydrogens (tertiary/aromatic N) is 1. The number of pyridine rings is 1. The Morgan fingerprint density at radius 1 is 1.18 bits per heavy atom. The number of fused-ring (bicyclic) bond motifs is 3. The highest BCUT2D eigenvalue weighted by Crippen LogP contribution is 2.30. The number of nitrogens with one attached hydrogen (secondary N) is 1. The Bertz CT molecular complexity index is 695. The lowest BCUT2D eigenvalue weighted by Gasteiger charge is -2.06. The third-order valence-electron chi connectivity index (χ3n) is 3.09. The van der Waals surface area contributed by atoms with Gasteiger partial charge < -0.3 is 10.7 Å².